The lowest BCUT2D eigenvalue weighted by atomic mass is 10.0. The molecule has 0 heterocycles. The highest BCUT2D eigenvalue weighted by atomic mass is 16.6. The van der Waals surface area contributed by atoms with Gasteiger partial charge in [0.25, 0.3) is 0 Å². The lowest BCUT2D eigenvalue weighted by Crippen LogP contribution is -2.30. The Kier molecular flexibility index (Phi) is 68.6. The number of unbranched alkanes of at least 4 members (excludes halogenated alkanes) is 49. The summed E-state index contributed by atoms with van der Waals surface area (Å²) in [5, 5.41) is 0. The molecule has 0 saturated heterocycles. The Morgan fingerprint density at radius 2 is 0.476 bits per heavy atom. The third-order valence-corrected chi connectivity index (χ3v) is 16.6. The minimum Gasteiger partial charge on any atom is -0.462 e. The summed E-state index contributed by atoms with van der Waals surface area (Å²) in [5.74, 6) is -0.874. The van der Waals surface area contributed by atoms with E-state index in [1.54, 1.807) is 0 Å². The molecule has 0 spiro atoms. The predicted octanol–water partition coefficient (Wildman–Crippen LogP) is 25.3. The normalized spacial score (nSPS) is 12.3. The monoisotopic (exact) mass is 1150 g/mol. The number of hydrogen-bond acceptors (Lipinski definition) is 6. The Bertz CT molecular complexity index is 1410. The SMILES string of the molecule is CC/C=C\C/C=C\C/C=C\CCCCCCCCCC(=O)OC(COC(=O)CCCCCCC/C=C\CCCCC)COC(=O)CCCCCCCCCCCCCCCCCCCCCCCCCCCCCCCCCCCCC. The molecule has 0 aliphatic rings. The largest absolute Gasteiger partial charge is 0.462 e. The van der Waals surface area contributed by atoms with Gasteiger partial charge in [0, 0.05) is 19.3 Å². The zero-order valence-corrected chi connectivity index (χ0v) is 55.3. The van der Waals surface area contributed by atoms with Crippen molar-refractivity contribution in [3.05, 3.63) is 48.6 Å². The highest BCUT2D eigenvalue weighted by Crippen LogP contribution is 2.19. The Balaban J connectivity index is 4.05. The summed E-state index contributed by atoms with van der Waals surface area (Å²) >= 11 is 0. The number of allylic oxidation sites excluding steroid dienone is 8. The number of rotatable bonds is 68. The molecule has 0 aromatic heterocycles. The van der Waals surface area contributed by atoms with Crippen LogP contribution < -0.4 is 0 Å². The second-order valence-electron chi connectivity index (χ2n) is 24.8. The van der Waals surface area contributed by atoms with E-state index in [1.165, 1.54) is 270 Å². The molecular formula is C76H140O6. The summed E-state index contributed by atoms with van der Waals surface area (Å²) < 4.78 is 16.9. The topological polar surface area (TPSA) is 78.9 Å². The minimum atomic E-state index is -0.781. The fourth-order valence-electron chi connectivity index (χ4n) is 11.1. The molecule has 1 atom stereocenters. The zero-order valence-electron chi connectivity index (χ0n) is 55.3. The van der Waals surface area contributed by atoms with E-state index in [1.807, 2.05) is 0 Å². The molecule has 0 saturated carbocycles. The maximum atomic E-state index is 12.9. The van der Waals surface area contributed by atoms with Gasteiger partial charge in [-0.3, -0.25) is 14.4 Å². The van der Waals surface area contributed by atoms with Gasteiger partial charge in [0.05, 0.1) is 0 Å². The molecule has 480 valence electrons. The van der Waals surface area contributed by atoms with Gasteiger partial charge in [-0.1, -0.05) is 352 Å². The molecule has 0 aromatic carbocycles. The Labute approximate surface area is 511 Å². The van der Waals surface area contributed by atoms with Crippen molar-refractivity contribution in [2.45, 2.75) is 406 Å². The van der Waals surface area contributed by atoms with Gasteiger partial charge in [-0.15, -0.1) is 0 Å². The van der Waals surface area contributed by atoms with Crippen LogP contribution in [-0.4, -0.2) is 37.2 Å². The number of carbonyl (C=O) groups excluding carboxylic acids is 3. The molecule has 0 amide bonds. The average molecular weight is 1150 g/mol. The third-order valence-electron chi connectivity index (χ3n) is 16.6. The maximum absolute atomic E-state index is 12.9. The first-order chi connectivity index (χ1) is 40.5. The summed E-state index contributed by atoms with van der Waals surface area (Å²) in [4.78, 5) is 38.3. The molecule has 0 aliphatic heterocycles. The fraction of sp³-hybridized carbons (Fsp3) is 0.855. The molecule has 82 heavy (non-hydrogen) atoms. The van der Waals surface area contributed by atoms with E-state index in [2.05, 4.69) is 69.4 Å². The lowest BCUT2D eigenvalue weighted by molar-refractivity contribution is -0.167. The van der Waals surface area contributed by atoms with Crippen molar-refractivity contribution in [2.75, 3.05) is 13.2 Å². The van der Waals surface area contributed by atoms with Crippen LogP contribution in [0.1, 0.15) is 400 Å². The van der Waals surface area contributed by atoms with E-state index in [0.29, 0.717) is 19.3 Å². The second kappa shape index (κ2) is 70.9. The standard InChI is InChI=1S/C76H140O6/c1-4-7-10-13-16-19-22-25-27-29-30-31-32-33-34-35-36-37-38-39-40-41-42-43-44-45-46-48-49-51-54-57-60-63-66-69-75(78)81-72-73(71-80-74(77)68-65-62-59-56-53-24-21-18-15-12-9-6-3)82-76(79)70-67-64-61-58-55-52-50-47-28-26-23-20-17-14-11-8-5-2/h8,11,17-18,20-21,26,28,73H,4-7,9-10,12-16,19,22-25,27,29-72H2,1-3H3/b11-8-,20-17-,21-18-,28-26-. The van der Waals surface area contributed by atoms with Crippen molar-refractivity contribution in [3.8, 4) is 0 Å². The lowest BCUT2D eigenvalue weighted by Gasteiger charge is -2.18. The van der Waals surface area contributed by atoms with Crippen LogP contribution in [0.25, 0.3) is 0 Å². The van der Waals surface area contributed by atoms with E-state index in [-0.39, 0.29) is 31.1 Å². The van der Waals surface area contributed by atoms with Crippen LogP contribution >= 0.6 is 0 Å². The molecule has 0 aliphatic carbocycles. The Morgan fingerprint density at radius 1 is 0.256 bits per heavy atom. The van der Waals surface area contributed by atoms with Crippen LogP contribution in [0, 0.1) is 0 Å². The van der Waals surface area contributed by atoms with Crippen LogP contribution in [0.3, 0.4) is 0 Å². The first-order valence-electron chi connectivity index (χ1n) is 36.6. The first-order valence-corrected chi connectivity index (χ1v) is 36.6. The van der Waals surface area contributed by atoms with Gasteiger partial charge >= 0.3 is 17.9 Å². The number of ether oxygens (including phenoxy) is 3. The summed E-state index contributed by atoms with van der Waals surface area (Å²) in [5.41, 5.74) is 0. The van der Waals surface area contributed by atoms with Crippen molar-refractivity contribution >= 4 is 17.9 Å². The van der Waals surface area contributed by atoms with E-state index in [4.69, 9.17) is 14.2 Å². The minimum absolute atomic E-state index is 0.0763. The number of hydrogen-bond donors (Lipinski definition) is 0. The predicted molar refractivity (Wildman–Crippen MR) is 358 cm³/mol. The molecule has 1 unspecified atom stereocenters. The summed E-state index contributed by atoms with van der Waals surface area (Å²) in [7, 11) is 0. The van der Waals surface area contributed by atoms with Crippen LogP contribution in [0.5, 0.6) is 0 Å². The maximum Gasteiger partial charge on any atom is 0.306 e. The summed E-state index contributed by atoms with van der Waals surface area (Å²) in [6.07, 6.45) is 90.4. The highest BCUT2D eigenvalue weighted by Gasteiger charge is 2.19. The molecule has 0 fully saturated rings. The fourth-order valence-corrected chi connectivity index (χ4v) is 11.1. The van der Waals surface area contributed by atoms with Gasteiger partial charge in [-0.2, -0.15) is 0 Å². The quantitative estimate of drug-likeness (QED) is 0.0261. The van der Waals surface area contributed by atoms with Crippen molar-refractivity contribution in [2.24, 2.45) is 0 Å². The van der Waals surface area contributed by atoms with Crippen LogP contribution in [0.15, 0.2) is 48.6 Å². The summed E-state index contributed by atoms with van der Waals surface area (Å²) in [6, 6.07) is 0. The van der Waals surface area contributed by atoms with Gasteiger partial charge in [-0.25, -0.2) is 0 Å². The molecule has 0 rings (SSSR count). The molecule has 0 N–H and O–H groups in total. The molecular weight excluding hydrogens is 1010 g/mol. The molecule has 0 aromatic rings. The van der Waals surface area contributed by atoms with Gasteiger partial charge in [-0.05, 0) is 77.0 Å². The van der Waals surface area contributed by atoms with Crippen molar-refractivity contribution in [3.63, 3.8) is 0 Å². The molecule has 0 bridgehead atoms. The average Bonchev–Trinajstić information content (AvgIpc) is 3.47. The second-order valence-corrected chi connectivity index (χ2v) is 24.8. The van der Waals surface area contributed by atoms with Crippen molar-refractivity contribution in [1.29, 1.82) is 0 Å². The van der Waals surface area contributed by atoms with Crippen molar-refractivity contribution < 1.29 is 28.6 Å². The zero-order chi connectivity index (χ0) is 59.2. The molecule has 6 heteroatoms. The Morgan fingerprint density at radius 3 is 0.780 bits per heavy atom. The van der Waals surface area contributed by atoms with Gasteiger partial charge in [0.1, 0.15) is 13.2 Å². The number of esters is 3. The van der Waals surface area contributed by atoms with E-state index >= 15 is 0 Å². The molecule has 6 nitrogen and oxygen atoms in total. The van der Waals surface area contributed by atoms with E-state index in [0.717, 1.165) is 89.9 Å². The Hall–Kier alpha value is -2.63. The smallest absolute Gasteiger partial charge is 0.306 e. The van der Waals surface area contributed by atoms with Gasteiger partial charge < -0.3 is 14.2 Å². The van der Waals surface area contributed by atoms with Gasteiger partial charge in [0.15, 0.2) is 6.10 Å². The van der Waals surface area contributed by atoms with Crippen molar-refractivity contribution in [1.82, 2.24) is 0 Å². The molecule has 0 radical (unpaired) electrons. The van der Waals surface area contributed by atoms with Crippen LogP contribution in [0.4, 0.5) is 0 Å². The first kappa shape index (κ1) is 79.4. The van der Waals surface area contributed by atoms with Crippen LogP contribution in [-0.2, 0) is 28.6 Å². The highest BCUT2D eigenvalue weighted by molar-refractivity contribution is 5.71. The van der Waals surface area contributed by atoms with Gasteiger partial charge in [0.2, 0.25) is 0 Å². The third kappa shape index (κ3) is 68.2. The summed E-state index contributed by atoms with van der Waals surface area (Å²) in [6.45, 7) is 6.55. The van der Waals surface area contributed by atoms with E-state index < -0.39 is 6.10 Å². The van der Waals surface area contributed by atoms with E-state index in [9.17, 15) is 14.4 Å². The number of carbonyl (C=O) groups is 3. The van der Waals surface area contributed by atoms with Crippen LogP contribution in [0.2, 0.25) is 0 Å².